The van der Waals surface area contributed by atoms with Crippen molar-refractivity contribution in [2.45, 2.75) is 39.5 Å². The number of nitrogens with one attached hydrogen (secondary N) is 1. The molecule has 0 saturated heterocycles. The fraction of sp³-hybridized carbons (Fsp3) is 0.917. The molecule has 0 saturated carbocycles. The maximum atomic E-state index is 11.2. The van der Waals surface area contributed by atoms with Crippen LogP contribution in [0.4, 0.5) is 0 Å². The van der Waals surface area contributed by atoms with Crippen LogP contribution in [0.5, 0.6) is 0 Å². The van der Waals surface area contributed by atoms with E-state index in [0.717, 1.165) is 32.2 Å². The van der Waals surface area contributed by atoms with Gasteiger partial charge >= 0.3 is 5.97 Å². The second kappa shape index (κ2) is 10.9. The molecule has 0 radical (unpaired) electrons. The van der Waals surface area contributed by atoms with Gasteiger partial charge in [-0.05, 0) is 25.3 Å². The highest BCUT2D eigenvalue weighted by atomic mass is 16.5. The van der Waals surface area contributed by atoms with Crippen LogP contribution in [0.1, 0.15) is 39.5 Å². The minimum Gasteiger partial charge on any atom is -0.465 e. The predicted octanol–water partition coefficient (Wildman–Crippen LogP) is 1.33. The summed E-state index contributed by atoms with van der Waals surface area (Å²) >= 11 is 0. The van der Waals surface area contributed by atoms with Gasteiger partial charge in [0.15, 0.2) is 0 Å². The van der Waals surface area contributed by atoms with E-state index in [-0.39, 0.29) is 19.1 Å². The van der Waals surface area contributed by atoms with Gasteiger partial charge in [-0.15, -0.1) is 0 Å². The monoisotopic (exact) mass is 231 g/mol. The van der Waals surface area contributed by atoms with Crippen molar-refractivity contribution in [2.75, 3.05) is 26.3 Å². The van der Waals surface area contributed by atoms with Gasteiger partial charge in [0.1, 0.15) is 0 Å². The summed E-state index contributed by atoms with van der Waals surface area (Å²) in [5, 5.41) is 11.9. The van der Waals surface area contributed by atoms with E-state index in [2.05, 4.69) is 19.2 Å². The zero-order chi connectivity index (χ0) is 12.2. The molecular weight excluding hydrogens is 206 g/mol. The molecule has 16 heavy (non-hydrogen) atoms. The van der Waals surface area contributed by atoms with E-state index in [4.69, 9.17) is 9.84 Å². The molecule has 96 valence electrons. The lowest BCUT2D eigenvalue weighted by molar-refractivity contribution is -0.142. The second-order valence-electron chi connectivity index (χ2n) is 3.99. The number of carbonyl (C=O) groups is 1. The quantitative estimate of drug-likeness (QED) is 0.440. The van der Waals surface area contributed by atoms with Crippen LogP contribution in [0, 0.1) is 5.92 Å². The van der Waals surface area contributed by atoms with Crippen molar-refractivity contribution in [2.24, 2.45) is 5.92 Å². The first-order valence-corrected chi connectivity index (χ1v) is 6.21. The van der Waals surface area contributed by atoms with Crippen LogP contribution in [-0.4, -0.2) is 37.4 Å². The summed E-state index contributed by atoms with van der Waals surface area (Å²) in [4.78, 5) is 11.2. The Balaban J connectivity index is 3.44. The van der Waals surface area contributed by atoms with Crippen LogP contribution in [0.2, 0.25) is 0 Å². The molecule has 0 aromatic carbocycles. The lowest BCUT2D eigenvalue weighted by atomic mass is 10.0. The summed E-state index contributed by atoms with van der Waals surface area (Å²) in [7, 11) is 0. The number of hydrogen-bond donors (Lipinski definition) is 2. The van der Waals surface area contributed by atoms with E-state index < -0.39 is 0 Å². The summed E-state index contributed by atoms with van der Waals surface area (Å²) in [6, 6.07) is 0. The Bertz CT molecular complexity index is 174. The number of hydrogen-bond acceptors (Lipinski definition) is 4. The molecule has 1 atom stereocenters. The molecule has 0 heterocycles. The summed E-state index contributed by atoms with van der Waals surface area (Å²) in [5.74, 6) is 0.251. The third-order valence-electron chi connectivity index (χ3n) is 2.58. The van der Waals surface area contributed by atoms with Gasteiger partial charge in [0, 0.05) is 6.61 Å². The number of ether oxygens (including phenoxy) is 1. The number of aliphatic hydroxyl groups excluding tert-OH is 1. The average Bonchev–Trinajstić information content (AvgIpc) is 2.28. The van der Waals surface area contributed by atoms with Crippen molar-refractivity contribution >= 4 is 5.97 Å². The SMILES string of the molecule is CCCCOC(=O)CNCC(CC)CCO. The first kappa shape index (κ1) is 15.4. The van der Waals surface area contributed by atoms with E-state index in [1.54, 1.807) is 0 Å². The minimum atomic E-state index is -0.188. The van der Waals surface area contributed by atoms with Crippen LogP contribution in [0.15, 0.2) is 0 Å². The Morgan fingerprint density at radius 2 is 2.19 bits per heavy atom. The summed E-state index contributed by atoms with van der Waals surface area (Å²) in [6.45, 7) is 5.91. The molecule has 0 spiro atoms. The Morgan fingerprint density at radius 3 is 2.75 bits per heavy atom. The number of carbonyl (C=O) groups excluding carboxylic acids is 1. The maximum Gasteiger partial charge on any atom is 0.319 e. The van der Waals surface area contributed by atoms with Crippen molar-refractivity contribution < 1.29 is 14.6 Å². The number of aliphatic hydroxyl groups is 1. The second-order valence-corrected chi connectivity index (χ2v) is 3.99. The molecule has 1 unspecified atom stereocenters. The van der Waals surface area contributed by atoms with Crippen molar-refractivity contribution in [1.82, 2.24) is 5.32 Å². The van der Waals surface area contributed by atoms with E-state index in [0.29, 0.717) is 12.5 Å². The Labute approximate surface area is 98.4 Å². The molecule has 2 N–H and O–H groups in total. The van der Waals surface area contributed by atoms with Gasteiger partial charge in [0.2, 0.25) is 0 Å². The van der Waals surface area contributed by atoms with Crippen LogP contribution < -0.4 is 5.32 Å². The molecule has 0 amide bonds. The molecule has 0 fully saturated rings. The van der Waals surface area contributed by atoms with E-state index >= 15 is 0 Å². The van der Waals surface area contributed by atoms with E-state index in [1.165, 1.54) is 0 Å². The van der Waals surface area contributed by atoms with Crippen LogP contribution in [0.3, 0.4) is 0 Å². The number of rotatable bonds is 10. The fourth-order valence-corrected chi connectivity index (χ4v) is 1.39. The van der Waals surface area contributed by atoms with Gasteiger partial charge in [-0.3, -0.25) is 4.79 Å². The highest BCUT2D eigenvalue weighted by Crippen LogP contribution is 2.05. The Morgan fingerprint density at radius 1 is 1.44 bits per heavy atom. The molecule has 0 rings (SSSR count). The maximum absolute atomic E-state index is 11.2. The third kappa shape index (κ3) is 8.68. The summed E-state index contributed by atoms with van der Waals surface area (Å²) < 4.78 is 5.01. The van der Waals surface area contributed by atoms with Crippen molar-refractivity contribution in [1.29, 1.82) is 0 Å². The molecule has 0 aliphatic rings. The fourth-order valence-electron chi connectivity index (χ4n) is 1.39. The normalized spacial score (nSPS) is 12.4. The van der Waals surface area contributed by atoms with Gasteiger partial charge in [-0.2, -0.15) is 0 Å². The summed E-state index contributed by atoms with van der Waals surface area (Å²) in [6.07, 6.45) is 3.76. The predicted molar refractivity (Wildman–Crippen MR) is 64.2 cm³/mol. The van der Waals surface area contributed by atoms with Crippen molar-refractivity contribution in [3.63, 3.8) is 0 Å². The van der Waals surface area contributed by atoms with Crippen molar-refractivity contribution in [3.05, 3.63) is 0 Å². The topological polar surface area (TPSA) is 58.6 Å². The average molecular weight is 231 g/mol. The Hall–Kier alpha value is -0.610. The lowest BCUT2D eigenvalue weighted by Gasteiger charge is -2.13. The molecule has 4 nitrogen and oxygen atoms in total. The smallest absolute Gasteiger partial charge is 0.319 e. The Kier molecular flexibility index (Phi) is 10.5. The zero-order valence-corrected chi connectivity index (χ0v) is 10.5. The first-order chi connectivity index (χ1) is 7.74. The van der Waals surface area contributed by atoms with E-state index in [9.17, 15) is 4.79 Å². The molecule has 0 aromatic rings. The molecule has 0 aliphatic carbocycles. The molecular formula is C12H25NO3. The molecule has 0 aromatic heterocycles. The van der Waals surface area contributed by atoms with E-state index in [1.807, 2.05) is 0 Å². The van der Waals surface area contributed by atoms with Gasteiger partial charge in [0.25, 0.3) is 0 Å². The first-order valence-electron chi connectivity index (χ1n) is 6.21. The lowest BCUT2D eigenvalue weighted by Crippen LogP contribution is -2.30. The van der Waals surface area contributed by atoms with Gasteiger partial charge < -0.3 is 15.2 Å². The third-order valence-corrected chi connectivity index (χ3v) is 2.58. The standard InChI is InChI=1S/C12H25NO3/c1-3-5-8-16-12(15)10-13-9-11(4-2)6-7-14/h11,13-14H,3-10H2,1-2H3. The van der Waals surface area contributed by atoms with Gasteiger partial charge in [0.05, 0.1) is 13.2 Å². The number of unbranched alkanes of at least 4 members (excludes halogenated alkanes) is 1. The number of esters is 1. The highest BCUT2D eigenvalue weighted by Gasteiger charge is 2.07. The van der Waals surface area contributed by atoms with Gasteiger partial charge in [-0.1, -0.05) is 26.7 Å². The highest BCUT2D eigenvalue weighted by molar-refractivity contribution is 5.71. The van der Waals surface area contributed by atoms with Gasteiger partial charge in [-0.25, -0.2) is 0 Å². The van der Waals surface area contributed by atoms with Crippen LogP contribution in [0.25, 0.3) is 0 Å². The van der Waals surface area contributed by atoms with Crippen LogP contribution in [-0.2, 0) is 9.53 Å². The minimum absolute atomic E-state index is 0.188. The molecule has 4 heteroatoms. The van der Waals surface area contributed by atoms with Crippen molar-refractivity contribution in [3.8, 4) is 0 Å². The van der Waals surface area contributed by atoms with Crippen LogP contribution >= 0.6 is 0 Å². The summed E-state index contributed by atoms with van der Waals surface area (Å²) in [5.41, 5.74) is 0. The zero-order valence-electron chi connectivity index (χ0n) is 10.5. The molecule has 0 bridgehead atoms. The molecule has 0 aliphatic heterocycles. The largest absolute Gasteiger partial charge is 0.465 e.